The van der Waals surface area contributed by atoms with Crippen molar-refractivity contribution in [1.82, 2.24) is 0 Å². The second-order valence-electron chi connectivity index (χ2n) is 4.48. The second-order valence-corrected chi connectivity index (χ2v) is 5.42. The molecule has 0 atom stereocenters. The van der Waals surface area contributed by atoms with Gasteiger partial charge >= 0.3 is 6.36 Å². The molecule has 0 saturated carbocycles. The number of ether oxygens (including phenoxy) is 1. The molecule has 0 aliphatic carbocycles. The molecule has 3 rings (SSSR count). The van der Waals surface area contributed by atoms with Crippen LogP contribution in [-0.2, 0) is 6.54 Å². The van der Waals surface area contributed by atoms with Crippen molar-refractivity contribution in [2.24, 2.45) is 4.99 Å². The van der Waals surface area contributed by atoms with Gasteiger partial charge < -0.3 is 9.64 Å². The highest BCUT2D eigenvalue weighted by molar-refractivity contribution is 7.12. The van der Waals surface area contributed by atoms with Gasteiger partial charge in [-0.25, -0.2) is 0 Å². The van der Waals surface area contributed by atoms with E-state index < -0.39 is 6.36 Å². The van der Waals surface area contributed by atoms with Gasteiger partial charge in [0.25, 0.3) is 0 Å². The number of fused-ring (bicyclic) bond motifs is 1. The van der Waals surface area contributed by atoms with E-state index >= 15 is 0 Å². The summed E-state index contributed by atoms with van der Waals surface area (Å²) in [6.07, 6.45) is -2.90. The highest BCUT2D eigenvalue weighted by atomic mass is 32.1. The highest BCUT2D eigenvalue weighted by Gasteiger charge is 2.32. The molecular formula is C14H11F3N2OS. The molecule has 2 aromatic rings. The minimum absolute atomic E-state index is 0.170. The lowest BCUT2D eigenvalue weighted by Gasteiger charge is -2.26. The first-order chi connectivity index (χ1) is 10.0. The first kappa shape index (κ1) is 13.9. The van der Waals surface area contributed by atoms with Gasteiger partial charge in [0, 0.05) is 18.3 Å². The number of hydrogen-bond acceptors (Lipinski definition) is 4. The molecule has 7 heteroatoms. The Balaban J connectivity index is 1.85. The smallest absolute Gasteiger partial charge is 0.405 e. The first-order valence-corrected chi connectivity index (χ1v) is 7.07. The topological polar surface area (TPSA) is 24.8 Å². The van der Waals surface area contributed by atoms with Crippen LogP contribution in [0.2, 0.25) is 0 Å². The van der Waals surface area contributed by atoms with Crippen molar-refractivity contribution in [1.29, 1.82) is 0 Å². The minimum atomic E-state index is -4.69. The third-order valence-electron chi connectivity index (χ3n) is 3.03. The van der Waals surface area contributed by atoms with Gasteiger partial charge in [-0.2, -0.15) is 0 Å². The highest BCUT2D eigenvalue weighted by Crippen LogP contribution is 2.32. The van der Waals surface area contributed by atoms with E-state index in [1.54, 1.807) is 29.7 Å². The van der Waals surface area contributed by atoms with Crippen LogP contribution in [0.3, 0.4) is 0 Å². The van der Waals surface area contributed by atoms with Crippen LogP contribution in [0.15, 0.2) is 40.7 Å². The van der Waals surface area contributed by atoms with Crippen LogP contribution in [0, 0.1) is 0 Å². The number of para-hydroxylation sites is 1. The SMILES string of the molecule is FC(F)(F)Oc1ccccc1CN1CN=Cc2sccc21. The van der Waals surface area contributed by atoms with Crippen molar-refractivity contribution >= 4 is 23.2 Å². The molecule has 0 unspecified atom stereocenters. The molecule has 0 radical (unpaired) electrons. The number of halogens is 3. The van der Waals surface area contributed by atoms with Crippen molar-refractivity contribution in [3.8, 4) is 5.75 Å². The molecular weight excluding hydrogens is 301 g/mol. The van der Waals surface area contributed by atoms with Crippen molar-refractivity contribution in [2.45, 2.75) is 12.9 Å². The molecule has 1 aliphatic heterocycles. The van der Waals surface area contributed by atoms with Crippen LogP contribution in [0.4, 0.5) is 18.9 Å². The predicted octanol–water partition coefficient (Wildman–Crippen LogP) is 4.04. The Kier molecular flexibility index (Phi) is 3.59. The van der Waals surface area contributed by atoms with Gasteiger partial charge in [0.05, 0.1) is 10.6 Å². The van der Waals surface area contributed by atoms with Crippen molar-refractivity contribution in [2.75, 3.05) is 11.6 Å². The lowest BCUT2D eigenvalue weighted by atomic mass is 10.1. The van der Waals surface area contributed by atoms with Gasteiger partial charge in [-0.15, -0.1) is 24.5 Å². The summed E-state index contributed by atoms with van der Waals surface area (Å²) in [7, 11) is 0. The molecule has 0 saturated heterocycles. The van der Waals surface area contributed by atoms with E-state index in [9.17, 15) is 13.2 Å². The average molecular weight is 312 g/mol. The number of benzene rings is 1. The fourth-order valence-electron chi connectivity index (χ4n) is 2.17. The van der Waals surface area contributed by atoms with E-state index in [1.807, 2.05) is 16.3 Å². The van der Waals surface area contributed by atoms with Crippen LogP contribution < -0.4 is 9.64 Å². The molecule has 1 aromatic carbocycles. The van der Waals surface area contributed by atoms with Crippen LogP contribution in [0.1, 0.15) is 10.4 Å². The Labute approximate surface area is 123 Å². The fourth-order valence-corrected chi connectivity index (χ4v) is 2.97. The van der Waals surface area contributed by atoms with E-state index in [-0.39, 0.29) is 5.75 Å². The molecule has 0 amide bonds. The van der Waals surface area contributed by atoms with E-state index in [0.717, 1.165) is 10.6 Å². The number of nitrogens with zero attached hydrogens (tertiary/aromatic N) is 2. The summed E-state index contributed by atoms with van der Waals surface area (Å²) >= 11 is 1.55. The third kappa shape index (κ3) is 3.18. The Morgan fingerprint density at radius 1 is 1.24 bits per heavy atom. The average Bonchev–Trinajstić information content (AvgIpc) is 2.89. The molecule has 0 bridgehead atoms. The maximum absolute atomic E-state index is 12.4. The number of alkyl halides is 3. The zero-order valence-corrected chi connectivity index (χ0v) is 11.6. The Morgan fingerprint density at radius 2 is 2.05 bits per heavy atom. The second kappa shape index (κ2) is 5.40. The van der Waals surface area contributed by atoms with E-state index in [1.165, 1.54) is 12.1 Å². The molecule has 1 aromatic heterocycles. The van der Waals surface area contributed by atoms with E-state index in [2.05, 4.69) is 9.73 Å². The summed E-state index contributed by atoms with van der Waals surface area (Å²) in [5, 5.41) is 1.94. The first-order valence-electron chi connectivity index (χ1n) is 6.19. The lowest BCUT2D eigenvalue weighted by Crippen LogP contribution is -2.26. The summed E-state index contributed by atoms with van der Waals surface area (Å²) in [6, 6.07) is 8.11. The Hall–Kier alpha value is -2.02. The minimum Gasteiger partial charge on any atom is -0.405 e. The molecule has 110 valence electrons. The molecule has 0 fully saturated rings. The zero-order chi connectivity index (χ0) is 14.9. The van der Waals surface area contributed by atoms with Crippen molar-refractivity contribution < 1.29 is 17.9 Å². The van der Waals surface area contributed by atoms with Crippen LogP contribution >= 0.6 is 11.3 Å². The summed E-state index contributed by atoms with van der Waals surface area (Å²) < 4.78 is 41.4. The van der Waals surface area contributed by atoms with Crippen LogP contribution in [-0.4, -0.2) is 19.2 Å². The maximum Gasteiger partial charge on any atom is 0.573 e. The van der Waals surface area contributed by atoms with Crippen molar-refractivity contribution in [3.63, 3.8) is 0 Å². The number of aliphatic imine (C=N–C) groups is 1. The monoisotopic (exact) mass is 312 g/mol. The lowest BCUT2D eigenvalue weighted by molar-refractivity contribution is -0.274. The van der Waals surface area contributed by atoms with Gasteiger partial charge in [-0.05, 0) is 17.5 Å². The predicted molar refractivity (Wildman–Crippen MR) is 76.1 cm³/mol. The van der Waals surface area contributed by atoms with E-state index in [0.29, 0.717) is 18.8 Å². The molecule has 21 heavy (non-hydrogen) atoms. The summed E-state index contributed by atoms with van der Waals surface area (Å²) in [6.45, 7) is 0.734. The molecule has 1 aliphatic rings. The van der Waals surface area contributed by atoms with Crippen molar-refractivity contribution in [3.05, 3.63) is 46.2 Å². The summed E-state index contributed by atoms with van der Waals surface area (Å²) in [5.74, 6) is -0.170. The zero-order valence-electron chi connectivity index (χ0n) is 10.8. The normalized spacial score (nSPS) is 14.1. The third-order valence-corrected chi connectivity index (χ3v) is 3.88. The van der Waals surface area contributed by atoms with Gasteiger partial charge in [0.1, 0.15) is 12.4 Å². The van der Waals surface area contributed by atoms with Gasteiger partial charge in [-0.3, -0.25) is 4.99 Å². The van der Waals surface area contributed by atoms with Gasteiger partial charge in [-0.1, -0.05) is 18.2 Å². The van der Waals surface area contributed by atoms with E-state index in [4.69, 9.17) is 0 Å². The standard InChI is InChI=1S/C14H11F3N2OS/c15-14(16,17)20-12-4-2-1-3-10(12)8-19-9-18-7-13-11(19)5-6-21-13/h1-7H,8-9H2. The Bertz CT molecular complexity index is 666. The molecule has 3 nitrogen and oxygen atoms in total. The van der Waals surface area contributed by atoms with Gasteiger partial charge in [0.2, 0.25) is 0 Å². The number of rotatable bonds is 3. The quantitative estimate of drug-likeness (QED) is 0.854. The number of anilines is 1. The molecule has 0 spiro atoms. The summed E-state index contributed by atoms with van der Waals surface area (Å²) in [4.78, 5) is 7.15. The maximum atomic E-state index is 12.4. The number of hydrogen-bond donors (Lipinski definition) is 0. The largest absolute Gasteiger partial charge is 0.573 e. The van der Waals surface area contributed by atoms with Crippen LogP contribution in [0.5, 0.6) is 5.75 Å². The number of thiophene rings is 1. The Morgan fingerprint density at radius 3 is 2.86 bits per heavy atom. The van der Waals surface area contributed by atoms with Crippen LogP contribution in [0.25, 0.3) is 0 Å². The van der Waals surface area contributed by atoms with Gasteiger partial charge in [0.15, 0.2) is 0 Å². The summed E-state index contributed by atoms with van der Waals surface area (Å²) in [5.41, 5.74) is 1.46. The molecule has 0 N–H and O–H groups in total. The fraction of sp³-hybridized carbons (Fsp3) is 0.214. The molecule has 2 heterocycles.